The third-order valence-electron chi connectivity index (χ3n) is 9.44. The van der Waals surface area contributed by atoms with Crippen LogP contribution in [-0.4, -0.2) is 21.9 Å². The lowest BCUT2D eigenvalue weighted by Gasteiger charge is -2.61. The Morgan fingerprint density at radius 2 is 1.75 bits per heavy atom. The van der Waals surface area contributed by atoms with Gasteiger partial charge in [-0.2, -0.15) is 0 Å². The average Bonchev–Trinajstić information content (AvgIpc) is 2.80. The summed E-state index contributed by atoms with van der Waals surface area (Å²) in [6.45, 7) is 8.82. The molecule has 0 aromatic carbocycles. The first-order chi connectivity index (χ1) is 11.3. The summed E-state index contributed by atoms with van der Waals surface area (Å²) < 4.78 is 0. The van der Waals surface area contributed by atoms with Gasteiger partial charge in [-0.15, -0.1) is 6.58 Å². The van der Waals surface area contributed by atoms with Crippen LogP contribution in [0.1, 0.15) is 78.1 Å². The molecule has 2 N–H and O–H groups in total. The van der Waals surface area contributed by atoms with Gasteiger partial charge in [0.1, 0.15) is 0 Å². The second-order valence-corrected chi connectivity index (χ2v) is 10.1. The molecule has 0 aromatic rings. The van der Waals surface area contributed by atoms with E-state index in [0.29, 0.717) is 11.3 Å². The van der Waals surface area contributed by atoms with Crippen LogP contribution in [-0.2, 0) is 0 Å². The van der Waals surface area contributed by atoms with Crippen molar-refractivity contribution in [2.45, 2.75) is 89.8 Å². The molecule has 0 bridgehead atoms. The second-order valence-electron chi connectivity index (χ2n) is 10.1. The summed E-state index contributed by atoms with van der Waals surface area (Å²) in [5, 5.41) is 21.5. The predicted octanol–water partition coefficient (Wildman–Crippen LogP) is 4.70. The summed E-state index contributed by atoms with van der Waals surface area (Å²) in [7, 11) is 0. The van der Waals surface area contributed by atoms with Gasteiger partial charge in [-0.3, -0.25) is 0 Å². The van der Waals surface area contributed by atoms with Crippen molar-refractivity contribution in [3.8, 4) is 0 Å². The van der Waals surface area contributed by atoms with Crippen LogP contribution >= 0.6 is 0 Å². The van der Waals surface area contributed by atoms with E-state index in [4.69, 9.17) is 0 Å². The number of fused-ring (bicyclic) bond motifs is 5. The zero-order valence-corrected chi connectivity index (χ0v) is 15.6. The lowest BCUT2D eigenvalue weighted by Crippen LogP contribution is -2.56. The average molecular weight is 333 g/mol. The van der Waals surface area contributed by atoms with Crippen molar-refractivity contribution in [2.75, 3.05) is 0 Å². The quantitative estimate of drug-likeness (QED) is 0.720. The first kappa shape index (κ1) is 17.1. The molecular weight excluding hydrogens is 296 g/mol. The van der Waals surface area contributed by atoms with Crippen molar-refractivity contribution in [3.05, 3.63) is 12.7 Å². The highest BCUT2D eigenvalue weighted by Gasteiger charge is 2.64. The lowest BCUT2D eigenvalue weighted by atomic mass is 9.44. The Morgan fingerprint density at radius 1 is 1.00 bits per heavy atom. The minimum atomic E-state index is -0.523. The zero-order chi connectivity index (χ0) is 17.2. The van der Waals surface area contributed by atoms with Crippen molar-refractivity contribution in [3.63, 3.8) is 0 Å². The van der Waals surface area contributed by atoms with Gasteiger partial charge in [0.15, 0.2) is 0 Å². The van der Waals surface area contributed by atoms with E-state index in [1.807, 2.05) is 6.08 Å². The van der Waals surface area contributed by atoms with E-state index < -0.39 is 5.60 Å². The monoisotopic (exact) mass is 332 g/mol. The van der Waals surface area contributed by atoms with Gasteiger partial charge in [0.25, 0.3) is 0 Å². The van der Waals surface area contributed by atoms with Gasteiger partial charge in [-0.1, -0.05) is 19.9 Å². The van der Waals surface area contributed by atoms with E-state index in [1.54, 1.807) is 0 Å². The van der Waals surface area contributed by atoms with Crippen molar-refractivity contribution in [1.29, 1.82) is 0 Å². The third-order valence-corrected chi connectivity index (χ3v) is 9.44. The van der Waals surface area contributed by atoms with Gasteiger partial charge in [-0.25, -0.2) is 0 Å². The summed E-state index contributed by atoms with van der Waals surface area (Å²) in [4.78, 5) is 0. The van der Waals surface area contributed by atoms with Crippen molar-refractivity contribution in [2.24, 2.45) is 34.5 Å². The fourth-order valence-electron chi connectivity index (χ4n) is 7.92. The molecule has 136 valence electrons. The standard InChI is InChI=1S/C22H36O2/c1-4-10-22(24)13-9-19-17-6-5-15-14-16(23)7-11-20(15,2)18(17)8-12-21(19,22)3/h4,15-19,23-24H,1,5-14H2,2-3H3/t15-,16-,17-,18+,19+,20-,21-,22-/m0/s1. The molecule has 0 unspecified atom stereocenters. The van der Waals surface area contributed by atoms with Gasteiger partial charge in [0, 0.05) is 0 Å². The van der Waals surface area contributed by atoms with E-state index in [0.717, 1.165) is 43.4 Å². The molecule has 0 spiro atoms. The molecule has 4 aliphatic rings. The Labute approximate surface area is 147 Å². The molecule has 8 atom stereocenters. The van der Waals surface area contributed by atoms with Crippen molar-refractivity contribution in [1.82, 2.24) is 0 Å². The normalized spacial score (nSPS) is 56.9. The molecule has 2 heteroatoms. The van der Waals surface area contributed by atoms with Crippen LogP contribution < -0.4 is 0 Å². The van der Waals surface area contributed by atoms with Crippen LogP contribution in [0.5, 0.6) is 0 Å². The summed E-state index contributed by atoms with van der Waals surface area (Å²) >= 11 is 0. The highest BCUT2D eigenvalue weighted by Crippen LogP contribution is 2.68. The number of hydrogen-bond donors (Lipinski definition) is 2. The summed E-state index contributed by atoms with van der Waals surface area (Å²) in [6.07, 6.45) is 13.1. The fourth-order valence-corrected chi connectivity index (χ4v) is 7.92. The SMILES string of the molecule is C=CC[C@]1(O)CC[C@@H]2[C@H]3CC[C@H]4C[C@@H](O)CC[C@]4(C)[C@@H]3CC[C@@]21C. The fraction of sp³-hybridized carbons (Fsp3) is 0.909. The van der Waals surface area contributed by atoms with E-state index in [9.17, 15) is 10.2 Å². The van der Waals surface area contributed by atoms with Gasteiger partial charge in [-0.05, 0) is 98.7 Å². The maximum absolute atomic E-state index is 11.4. The Kier molecular flexibility index (Phi) is 3.97. The molecule has 0 heterocycles. The number of aliphatic hydroxyl groups excluding tert-OH is 1. The van der Waals surface area contributed by atoms with Crippen molar-refractivity contribution >= 4 is 0 Å². The minimum Gasteiger partial charge on any atom is -0.393 e. The molecule has 4 aliphatic carbocycles. The molecule has 4 rings (SSSR count). The van der Waals surface area contributed by atoms with Gasteiger partial charge in [0.05, 0.1) is 11.7 Å². The van der Waals surface area contributed by atoms with Crippen LogP contribution in [0.2, 0.25) is 0 Å². The highest BCUT2D eigenvalue weighted by atomic mass is 16.3. The Morgan fingerprint density at radius 3 is 2.50 bits per heavy atom. The Balaban J connectivity index is 1.62. The zero-order valence-electron chi connectivity index (χ0n) is 15.6. The molecule has 0 amide bonds. The van der Waals surface area contributed by atoms with Crippen LogP contribution in [0.4, 0.5) is 0 Å². The van der Waals surface area contributed by atoms with Crippen molar-refractivity contribution < 1.29 is 10.2 Å². The topological polar surface area (TPSA) is 40.5 Å². The third kappa shape index (κ3) is 2.14. The summed E-state index contributed by atoms with van der Waals surface area (Å²) in [5.41, 5.74) is -0.00669. The number of hydrogen-bond acceptors (Lipinski definition) is 2. The Bertz CT molecular complexity index is 516. The Hall–Kier alpha value is -0.340. The van der Waals surface area contributed by atoms with Crippen LogP contribution in [0.15, 0.2) is 12.7 Å². The molecule has 2 nitrogen and oxygen atoms in total. The van der Waals surface area contributed by atoms with Crippen LogP contribution in [0.3, 0.4) is 0 Å². The number of aliphatic hydroxyl groups is 2. The van der Waals surface area contributed by atoms with E-state index >= 15 is 0 Å². The van der Waals surface area contributed by atoms with E-state index in [-0.39, 0.29) is 11.5 Å². The molecule has 0 aromatic heterocycles. The van der Waals surface area contributed by atoms with Gasteiger partial charge >= 0.3 is 0 Å². The molecule has 0 saturated heterocycles. The number of rotatable bonds is 2. The predicted molar refractivity (Wildman–Crippen MR) is 97.5 cm³/mol. The van der Waals surface area contributed by atoms with E-state index in [2.05, 4.69) is 20.4 Å². The molecule has 24 heavy (non-hydrogen) atoms. The largest absolute Gasteiger partial charge is 0.393 e. The first-order valence-corrected chi connectivity index (χ1v) is 10.4. The van der Waals surface area contributed by atoms with Gasteiger partial charge < -0.3 is 10.2 Å². The summed E-state index contributed by atoms with van der Waals surface area (Å²) in [5.74, 6) is 3.01. The molecule has 0 aliphatic heterocycles. The van der Waals surface area contributed by atoms with E-state index in [1.165, 1.54) is 38.5 Å². The maximum atomic E-state index is 11.4. The highest BCUT2D eigenvalue weighted by molar-refractivity contribution is 5.15. The first-order valence-electron chi connectivity index (χ1n) is 10.4. The molecule has 4 fully saturated rings. The van der Waals surface area contributed by atoms with Crippen LogP contribution in [0.25, 0.3) is 0 Å². The molecular formula is C22H36O2. The minimum absolute atomic E-state index is 0.0577. The maximum Gasteiger partial charge on any atom is 0.0738 e. The molecule has 0 radical (unpaired) electrons. The lowest BCUT2D eigenvalue weighted by molar-refractivity contribution is -0.157. The second kappa shape index (κ2) is 5.58. The smallest absolute Gasteiger partial charge is 0.0738 e. The summed E-state index contributed by atoms with van der Waals surface area (Å²) in [6, 6.07) is 0. The molecule has 4 saturated carbocycles. The van der Waals surface area contributed by atoms with Gasteiger partial charge in [0.2, 0.25) is 0 Å². The van der Waals surface area contributed by atoms with Crippen LogP contribution in [0, 0.1) is 34.5 Å².